The van der Waals surface area contributed by atoms with Crippen LogP contribution in [0.25, 0.3) is 0 Å². The van der Waals surface area contributed by atoms with Crippen molar-refractivity contribution >= 4 is 34.6 Å². The lowest BCUT2D eigenvalue weighted by Gasteiger charge is -2.10. The quantitative estimate of drug-likeness (QED) is 0.887. The molecule has 1 unspecified atom stereocenters. The molecule has 0 aromatic carbocycles. The first-order valence-corrected chi connectivity index (χ1v) is 7.37. The molecule has 0 spiro atoms. The Hall–Kier alpha value is -1.73. The molecule has 1 atom stereocenters. The van der Waals surface area contributed by atoms with Gasteiger partial charge in [0.05, 0.1) is 12.5 Å². The zero-order valence-electron chi connectivity index (χ0n) is 10.1. The lowest BCUT2D eigenvalue weighted by atomic mass is 10.2. The number of thiophene rings is 1. The van der Waals surface area contributed by atoms with Gasteiger partial charge in [-0.05, 0) is 29.3 Å². The number of nitrogens with one attached hydrogen (secondary N) is 1. The largest absolute Gasteiger partial charge is 0.476 e. The number of carbonyl (C=O) groups excluding carboxylic acids is 1. The maximum atomic E-state index is 11.8. The third-order valence-electron chi connectivity index (χ3n) is 2.43. The third kappa shape index (κ3) is 3.62. The molecule has 0 saturated heterocycles. The van der Waals surface area contributed by atoms with Crippen molar-refractivity contribution in [3.8, 4) is 0 Å². The number of hydrogen-bond acceptors (Lipinski definition) is 5. The number of carboxylic acids is 1. The number of thiazole rings is 1. The first-order chi connectivity index (χ1) is 9.06. The predicted octanol–water partition coefficient (Wildman–Crippen LogP) is 2.32. The lowest BCUT2D eigenvalue weighted by molar-refractivity contribution is -0.121. The fourth-order valence-electron chi connectivity index (χ4n) is 1.52. The van der Waals surface area contributed by atoms with E-state index < -0.39 is 5.97 Å². The Morgan fingerprint density at radius 3 is 2.84 bits per heavy atom. The second-order valence-corrected chi connectivity index (χ2v) is 5.64. The van der Waals surface area contributed by atoms with Gasteiger partial charge in [0.25, 0.3) is 0 Å². The molecule has 2 N–H and O–H groups in total. The molecule has 0 saturated carbocycles. The molecule has 2 aromatic rings. The van der Waals surface area contributed by atoms with Gasteiger partial charge in [-0.2, -0.15) is 11.3 Å². The second kappa shape index (κ2) is 5.94. The molecule has 0 fully saturated rings. The molecule has 2 rings (SSSR count). The summed E-state index contributed by atoms with van der Waals surface area (Å²) in [7, 11) is 0. The number of rotatable bonds is 5. The maximum Gasteiger partial charge on any atom is 0.355 e. The van der Waals surface area contributed by atoms with Gasteiger partial charge in [-0.15, -0.1) is 11.3 Å². The Bertz CT molecular complexity index is 578. The number of hydrogen-bond donors (Lipinski definition) is 2. The molecule has 2 heterocycles. The Morgan fingerprint density at radius 1 is 1.47 bits per heavy atom. The van der Waals surface area contributed by atoms with Gasteiger partial charge < -0.3 is 10.4 Å². The van der Waals surface area contributed by atoms with E-state index in [-0.39, 0.29) is 17.6 Å². The third-order valence-corrected chi connectivity index (χ3v) is 4.19. The summed E-state index contributed by atoms with van der Waals surface area (Å²) >= 11 is 2.78. The highest BCUT2D eigenvalue weighted by Crippen LogP contribution is 2.18. The number of aromatic nitrogens is 1. The van der Waals surface area contributed by atoms with Crippen molar-refractivity contribution in [3.63, 3.8) is 0 Å². The Morgan fingerprint density at radius 2 is 2.26 bits per heavy atom. The fourth-order valence-corrected chi connectivity index (χ4v) is 2.99. The number of aromatic carboxylic acids is 1. The summed E-state index contributed by atoms with van der Waals surface area (Å²) < 4.78 is 0. The molecule has 0 bridgehead atoms. The Kier molecular flexibility index (Phi) is 4.28. The summed E-state index contributed by atoms with van der Waals surface area (Å²) in [6, 6.07) is 1.62. The molecular weight excluding hydrogens is 284 g/mol. The van der Waals surface area contributed by atoms with Crippen molar-refractivity contribution in [1.82, 2.24) is 10.3 Å². The van der Waals surface area contributed by atoms with Crippen LogP contribution in [0, 0.1) is 0 Å². The Labute approximate surface area is 117 Å². The first kappa shape index (κ1) is 13.7. The summed E-state index contributed by atoms with van der Waals surface area (Å²) in [5.74, 6) is -1.16. The predicted molar refractivity (Wildman–Crippen MR) is 73.7 cm³/mol. The highest BCUT2D eigenvalue weighted by molar-refractivity contribution is 7.10. The van der Waals surface area contributed by atoms with Crippen LogP contribution >= 0.6 is 22.7 Å². The van der Waals surface area contributed by atoms with Crippen LogP contribution in [0.5, 0.6) is 0 Å². The summed E-state index contributed by atoms with van der Waals surface area (Å²) in [5, 5.41) is 17.5. The van der Waals surface area contributed by atoms with Gasteiger partial charge in [0.15, 0.2) is 5.69 Å². The van der Waals surface area contributed by atoms with Crippen LogP contribution in [0.2, 0.25) is 0 Å². The van der Waals surface area contributed by atoms with Crippen molar-refractivity contribution in [2.24, 2.45) is 0 Å². The highest BCUT2D eigenvalue weighted by Gasteiger charge is 2.16. The van der Waals surface area contributed by atoms with Gasteiger partial charge in [0.1, 0.15) is 5.01 Å². The number of amides is 1. The number of carbonyl (C=O) groups is 2. The van der Waals surface area contributed by atoms with Crippen LogP contribution in [0.3, 0.4) is 0 Å². The zero-order valence-corrected chi connectivity index (χ0v) is 11.8. The minimum absolute atomic E-state index is 0.0129. The van der Waals surface area contributed by atoms with Crippen LogP contribution in [0.15, 0.2) is 22.2 Å². The van der Waals surface area contributed by atoms with Crippen molar-refractivity contribution in [2.75, 3.05) is 0 Å². The second-order valence-electron chi connectivity index (χ2n) is 3.97. The van der Waals surface area contributed by atoms with E-state index in [2.05, 4.69) is 10.3 Å². The highest BCUT2D eigenvalue weighted by atomic mass is 32.1. The fraction of sp³-hybridized carbons (Fsp3) is 0.250. The first-order valence-electron chi connectivity index (χ1n) is 5.55. The zero-order chi connectivity index (χ0) is 13.8. The molecule has 0 aliphatic heterocycles. The van der Waals surface area contributed by atoms with E-state index in [1.165, 1.54) is 16.7 Å². The lowest BCUT2D eigenvalue weighted by Crippen LogP contribution is -2.28. The Balaban J connectivity index is 1.94. The van der Waals surface area contributed by atoms with Crippen LogP contribution in [-0.4, -0.2) is 22.0 Å². The molecule has 5 nitrogen and oxygen atoms in total. The van der Waals surface area contributed by atoms with Crippen molar-refractivity contribution in [1.29, 1.82) is 0 Å². The van der Waals surface area contributed by atoms with E-state index in [4.69, 9.17) is 5.11 Å². The summed E-state index contributed by atoms with van der Waals surface area (Å²) in [6.07, 6.45) is 0.324. The topological polar surface area (TPSA) is 79.3 Å². The summed E-state index contributed by atoms with van der Waals surface area (Å²) in [6.45, 7) is 1.79. The van der Waals surface area contributed by atoms with E-state index in [0.717, 1.165) is 5.56 Å². The van der Waals surface area contributed by atoms with Gasteiger partial charge in [0.2, 0.25) is 5.91 Å². The van der Waals surface area contributed by atoms with E-state index in [1.54, 1.807) is 18.3 Å². The van der Waals surface area contributed by atoms with E-state index in [9.17, 15) is 9.59 Å². The molecule has 2 aromatic heterocycles. The van der Waals surface area contributed by atoms with Gasteiger partial charge >= 0.3 is 5.97 Å². The maximum absolute atomic E-state index is 11.8. The monoisotopic (exact) mass is 296 g/mol. The molecule has 19 heavy (non-hydrogen) atoms. The minimum atomic E-state index is -1.06. The van der Waals surface area contributed by atoms with Gasteiger partial charge in [-0.1, -0.05) is 0 Å². The van der Waals surface area contributed by atoms with Gasteiger partial charge in [0, 0.05) is 5.38 Å². The molecule has 100 valence electrons. The van der Waals surface area contributed by atoms with Gasteiger partial charge in [-0.25, -0.2) is 9.78 Å². The smallest absolute Gasteiger partial charge is 0.355 e. The van der Waals surface area contributed by atoms with Crippen LogP contribution in [-0.2, 0) is 11.2 Å². The molecule has 0 aliphatic rings. The van der Waals surface area contributed by atoms with Crippen LogP contribution in [0.1, 0.15) is 34.0 Å². The van der Waals surface area contributed by atoms with Crippen LogP contribution < -0.4 is 5.32 Å². The minimum Gasteiger partial charge on any atom is -0.476 e. The molecule has 0 aliphatic carbocycles. The molecule has 7 heteroatoms. The van der Waals surface area contributed by atoms with Gasteiger partial charge in [-0.3, -0.25) is 4.79 Å². The van der Waals surface area contributed by atoms with E-state index in [1.807, 2.05) is 16.8 Å². The SMILES string of the molecule is CC(NC(=O)Cc1ccsc1)c1nc(C(=O)O)cs1. The van der Waals surface area contributed by atoms with Crippen molar-refractivity contribution in [2.45, 2.75) is 19.4 Å². The summed E-state index contributed by atoms with van der Waals surface area (Å²) in [4.78, 5) is 26.5. The molecular formula is C12H12N2O3S2. The normalized spacial score (nSPS) is 12.1. The van der Waals surface area contributed by atoms with Crippen LogP contribution in [0.4, 0.5) is 0 Å². The van der Waals surface area contributed by atoms with E-state index in [0.29, 0.717) is 11.4 Å². The van der Waals surface area contributed by atoms with Crippen molar-refractivity contribution in [3.05, 3.63) is 38.5 Å². The number of carboxylic acid groups (broad SMARTS) is 1. The summed E-state index contributed by atoms with van der Waals surface area (Å²) in [5.41, 5.74) is 0.985. The standard InChI is InChI=1S/C12H12N2O3S2/c1-7(11-14-9(6-19-11)12(16)17)13-10(15)4-8-2-3-18-5-8/h2-3,5-7H,4H2,1H3,(H,13,15)(H,16,17). The van der Waals surface area contributed by atoms with Crippen molar-refractivity contribution < 1.29 is 14.7 Å². The molecule has 0 radical (unpaired) electrons. The molecule has 1 amide bonds. The van der Waals surface area contributed by atoms with E-state index >= 15 is 0 Å². The average Bonchev–Trinajstić information content (AvgIpc) is 2.98. The number of nitrogens with zero attached hydrogens (tertiary/aromatic N) is 1. The average molecular weight is 296 g/mol.